The number of carbonyl (C=O) groups is 1. The Labute approximate surface area is 96.9 Å². The van der Waals surface area contributed by atoms with E-state index in [0.29, 0.717) is 16.5 Å². The van der Waals surface area contributed by atoms with Crippen LogP contribution < -0.4 is 0 Å². The van der Waals surface area contributed by atoms with Gasteiger partial charge in [-0.2, -0.15) is 0 Å². The molecule has 0 amide bonds. The summed E-state index contributed by atoms with van der Waals surface area (Å²) in [5, 5.41) is 18.5. The number of aliphatic carboxylic acids is 1. The Balaban J connectivity index is 3.24. The van der Waals surface area contributed by atoms with E-state index in [1.165, 1.54) is 6.07 Å². The predicted octanol–water partition coefficient (Wildman–Crippen LogP) is 3.04. The van der Waals surface area contributed by atoms with Gasteiger partial charge < -0.3 is 10.2 Å². The molecule has 0 aromatic heterocycles. The van der Waals surface area contributed by atoms with Crippen molar-refractivity contribution >= 4 is 21.9 Å². The third-order valence-corrected chi connectivity index (χ3v) is 3.05. The monoisotopic (exact) mass is 272 g/mol. The molecule has 0 aliphatic carbocycles. The lowest BCUT2D eigenvalue weighted by Gasteiger charge is -2.14. The molecule has 1 aromatic carbocycles. The first-order valence-corrected chi connectivity index (χ1v) is 5.48. The van der Waals surface area contributed by atoms with Gasteiger partial charge in [-0.05, 0) is 52.5 Å². The summed E-state index contributed by atoms with van der Waals surface area (Å²) in [6.45, 7) is 3.66. The Hall–Kier alpha value is -1.03. The molecule has 1 unspecified atom stereocenters. The van der Waals surface area contributed by atoms with Gasteiger partial charge in [0.2, 0.25) is 0 Å². The number of hydrogen-bond donors (Lipinski definition) is 2. The van der Waals surface area contributed by atoms with Crippen LogP contribution in [0.1, 0.15) is 30.4 Å². The zero-order valence-electron chi connectivity index (χ0n) is 8.62. The first-order chi connectivity index (χ1) is 6.97. The topological polar surface area (TPSA) is 57.5 Å². The molecule has 15 heavy (non-hydrogen) atoms. The molecule has 0 bridgehead atoms. The molecule has 0 radical (unpaired) electrons. The van der Waals surface area contributed by atoms with Crippen LogP contribution in [0.15, 0.2) is 16.6 Å². The van der Waals surface area contributed by atoms with Gasteiger partial charge in [0.15, 0.2) is 0 Å². The molecule has 0 aliphatic rings. The first-order valence-electron chi connectivity index (χ1n) is 4.69. The third kappa shape index (κ3) is 2.50. The lowest BCUT2D eigenvalue weighted by atomic mass is 9.92. The van der Waals surface area contributed by atoms with E-state index in [1.807, 2.05) is 13.8 Å². The molecule has 1 atom stereocenters. The second-order valence-electron chi connectivity index (χ2n) is 3.46. The van der Waals surface area contributed by atoms with Gasteiger partial charge in [-0.25, -0.2) is 0 Å². The van der Waals surface area contributed by atoms with Gasteiger partial charge in [0.05, 0.1) is 10.4 Å². The van der Waals surface area contributed by atoms with Gasteiger partial charge in [0.25, 0.3) is 0 Å². The fourth-order valence-electron chi connectivity index (χ4n) is 1.58. The van der Waals surface area contributed by atoms with Crippen molar-refractivity contribution in [3.05, 3.63) is 27.7 Å². The van der Waals surface area contributed by atoms with E-state index in [0.717, 1.165) is 5.56 Å². The highest BCUT2D eigenvalue weighted by atomic mass is 79.9. The summed E-state index contributed by atoms with van der Waals surface area (Å²) in [4.78, 5) is 11.0. The van der Waals surface area contributed by atoms with Crippen LogP contribution in [0.2, 0.25) is 0 Å². The van der Waals surface area contributed by atoms with E-state index in [-0.39, 0.29) is 5.75 Å². The van der Waals surface area contributed by atoms with Crippen molar-refractivity contribution in [2.75, 3.05) is 0 Å². The molecule has 0 saturated carbocycles. The van der Waals surface area contributed by atoms with Crippen molar-refractivity contribution in [3.63, 3.8) is 0 Å². The third-order valence-electron chi connectivity index (χ3n) is 2.42. The SMILES string of the molecule is CCC(C(=O)O)c1cc(O)c(Br)cc1C. The molecule has 4 heteroatoms. The molecule has 0 heterocycles. The highest BCUT2D eigenvalue weighted by Crippen LogP contribution is 2.32. The number of benzene rings is 1. The van der Waals surface area contributed by atoms with Crippen molar-refractivity contribution < 1.29 is 15.0 Å². The molecule has 0 spiro atoms. The lowest BCUT2D eigenvalue weighted by molar-refractivity contribution is -0.138. The highest BCUT2D eigenvalue weighted by Gasteiger charge is 2.20. The highest BCUT2D eigenvalue weighted by molar-refractivity contribution is 9.10. The zero-order chi connectivity index (χ0) is 11.6. The minimum atomic E-state index is -0.859. The number of phenols is 1. The van der Waals surface area contributed by atoms with E-state index < -0.39 is 11.9 Å². The van der Waals surface area contributed by atoms with Crippen molar-refractivity contribution in [3.8, 4) is 5.75 Å². The maximum absolute atomic E-state index is 11.0. The van der Waals surface area contributed by atoms with Crippen molar-refractivity contribution in [1.82, 2.24) is 0 Å². The average Bonchev–Trinajstić information content (AvgIpc) is 2.14. The lowest BCUT2D eigenvalue weighted by Crippen LogP contribution is -2.11. The number of aromatic hydroxyl groups is 1. The minimum Gasteiger partial charge on any atom is -0.507 e. The molecule has 82 valence electrons. The van der Waals surface area contributed by atoms with E-state index in [4.69, 9.17) is 5.11 Å². The number of carboxylic acid groups (broad SMARTS) is 1. The van der Waals surface area contributed by atoms with Crippen LogP contribution in [-0.2, 0) is 4.79 Å². The smallest absolute Gasteiger partial charge is 0.310 e. The van der Waals surface area contributed by atoms with Crippen LogP contribution in [0, 0.1) is 6.92 Å². The minimum absolute atomic E-state index is 0.0790. The van der Waals surface area contributed by atoms with Crippen LogP contribution >= 0.6 is 15.9 Å². The van der Waals surface area contributed by atoms with Crippen LogP contribution in [-0.4, -0.2) is 16.2 Å². The molecule has 3 nitrogen and oxygen atoms in total. The first kappa shape index (κ1) is 12.0. The molecule has 0 fully saturated rings. The molecule has 1 aromatic rings. The average molecular weight is 273 g/mol. The van der Waals surface area contributed by atoms with E-state index in [1.54, 1.807) is 6.07 Å². The number of aryl methyl sites for hydroxylation is 1. The Bertz CT molecular complexity index is 388. The Morgan fingerprint density at radius 3 is 2.60 bits per heavy atom. The molecule has 2 N–H and O–H groups in total. The van der Waals surface area contributed by atoms with E-state index in [2.05, 4.69) is 15.9 Å². The Kier molecular flexibility index (Phi) is 3.74. The standard InChI is InChI=1S/C11H13BrO3/c1-3-7(11(14)15)8-5-10(13)9(12)4-6(8)2/h4-5,7,13H,3H2,1-2H3,(H,14,15). The zero-order valence-corrected chi connectivity index (χ0v) is 10.2. The van der Waals surface area contributed by atoms with Crippen molar-refractivity contribution in [2.45, 2.75) is 26.2 Å². The summed E-state index contributed by atoms with van der Waals surface area (Å²) < 4.78 is 0.587. The number of rotatable bonds is 3. The van der Waals surface area contributed by atoms with Crippen LogP contribution in [0.3, 0.4) is 0 Å². The molecule has 1 rings (SSSR count). The van der Waals surface area contributed by atoms with Crippen LogP contribution in [0.25, 0.3) is 0 Å². The summed E-state index contributed by atoms with van der Waals surface area (Å²) in [5.74, 6) is -1.33. The quantitative estimate of drug-likeness (QED) is 0.889. The summed E-state index contributed by atoms with van der Waals surface area (Å²) in [5.41, 5.74) is 1.54. The Morgan fingerprint density at radius 2 is 2.13 bits per heavy atom. The molecule has 0 aliphatic heterocycles. The van der Waals surface area contributed by atoms with Gasteiger partial charge in [0.1, 0.15) is 5.75 Å². The van der Waals surface area contributed by atoms with Crippen molar-refractivity contribution in [1.29, 1.82) is 0 Å². The van der Waals surface area contributed by atoms with Crippen LogP contribution in [0.4, 0.5) is 0 Å². The van der Waals surface area contributed by atoms with E-state index in [9.17, 15) is 9.90 Å². The maximum atomic E-state index is 11.0. The number of hydrogen-bond acceptors (Lipinski definition) is 2. The normalized spacial score (nSPS) is 12.5. The summed E-state index contributed by atoms with van der Waals surface area (Å²) in [6.07, 6.45) is 0.511. The predicted molar refractivity (Wildman–Crippen MR) is 61.2 cm³/mol. The summed E-state index contributed by atoms with van der Waals surface area (Å²) in [7, 11) is 0. The second-order valence-corrected chi connectivity index (χ2v) is 4.31. The van der Waals surface area contributed by atoms with Gasteiger partial charge in [-0.15, -0.1) is 0 Å². The van der Waals surface area contributed by atoms with Gasteiger partial charge >= 0.3 is 5.97 Å². The van der Waals surface area contributed by atoms with E-state index >= 15 is 0 Å². The number of phenolic OH excluding ortho intramolecular Hbond substituents is 1. The van der Waals surface area contributed by atoms with Gasteiger partial charge in [0, 0.05) is 0 Å². The van der Waals surface area contributed by atoms with Crippen LogP contribution in [0.5, 0.6) is 5.75 Å². The Morgan fingerprint density at radius 1 is 1.53 bits per heavy atom. The second kappa shape index (κ2) is 4.66. The largest absolute Gasteiger partial charge is 0.507 e. The summed E-state index contributed by atoms with van der Waals surface area (Å²) >= 11 is 3.19. The molecular formula is C11H13BrO3. The fraction of sp³-hybridized carbons (Fsp3) is 0.364. The fourth-order valence-corrected chi connectivity index (χ4v) is 2.04. The maximum Gasteiger partial charge on any atom is 0.310 e. The molecule has 0 saturated heterocycles. The summed E-state index contributed by atoms with van der Waals surface area (Å²) in [6, 6.07) is 3.25. The number of carboxylic acids is 1. The van der Waals surface area contributed by atoms with Gasteiger partial charge in [-0.3, -0.25) is 4.79 Å². The molecular weight excluding hydrogens is 260 g/mol. The van der Waals surface area contributed by atoms with Gasteiger partial charge in [-0.1, -0.05) is 6.92 Å². The number of halogens is 1. The van der Waals surface area contributed by atoms with Crippen molar-refractivity contribution in [2.24, 2.45) is 0 Å².